The third kappa shape index (κ3) is 4.29. The van der Waals surface area contributed by atoms with E-state index in [-0.39, 0.29) is 11.4 Å². The molecule has 0 bridgehead atoms. The van der Waals surface area contributed by atoms with E-state index in [0.717, 1.165) is 9.18 Å². The van der Waals surface area contributed by atoms with Crippen LogP contribution in [0.25, 0.3) is 0 Å². The molecule has 0 atom stereocenters. The van der Waals surface area contributed by atoms with Crippen LogP contribution < -0.4 is 10.2 Å². The number of carbonyl (C=O) groups is 1. The lowest BCUT2D eigenvalue weighted by Crippen LogP contribution is -2.39. The van der Waals surface area contributed by atoms with Gasteiger partial charge in [0.1, 0.15) is 5.75 Å². The maximum absolute atomic E-state index is 12.7. The molecule has 0 aliphatic heterocycles. The number of hydroxylamine groups is 1. The Kier molecular flexibility index (Phi) is 5.72. The molecule has 0 saturated heterocycles. The van der Waals surface area contributed by atoms with E-state index in [4.69, 9.17) is 9.94 Å². The Morgan fingerprint density at radius 3 is 2.52 bits per heavy atom. The largest absolute Gasteiger partial charge is 0.497 e. The first-order valence-corrected chi connectivity index (χ1v) is 8.89. The van der Waals surface area contributed by atoms with Gasteiger partial charge in [-0.3, -0.25) is 10.0 Å². The van der Waals surface area contributed by atoms with Crippen LogP contribution in [0, 0.1) is 0 Å². The van der Waals surface area contributed by atoms with Gasteiger partial charge in [-0.2, -0.15) is 4.31 Å². The average Bonchev–Trinajstić information content (AvgIpc) is 3.07. The molecule has 2 aromatic rings. The van der Waals surface area contributed by atoms with E-state index in [1.165, 1.54) is 48.2 Å². The molecule has 2 rings (SSSR count). The van der Waals surface area contributed by atoms with Gasteiger partial charge in [0, 0.05) is 11.4 Å². The topological polar surface area (TPSA) is 95.9 Å². The second-order valence-corrected chi connectivity index (χ2v) is 7.53. The van der Waals surface area contributed by atoms with Crippen molar-refractivity contribution in [3.8, 4) is 5.75 Å². The van der Waals surface area contributed by atoms with Gasteiger partial charge in [-0.25, -0.2) is 13.9 Å². The summed E-state index contributed by atoms with van der Waals surface area (Å²) in [5.74, 6) is -0.277. The van der Waals surface area contributed by atoms with Crippen molar-refractivity contribution in [1.82, 2.24) is 9.79 Å². The SMILES string of the molecule is COc1ccc(S(=O)(=O)N(CC(=O)NO)Cc2cccs2)cc1. The zero-order chi connectivity index (χ0) is 16.9. The number of ether oxygens (including phenoxy) is 1. The fraction of sp³-hybridized carbons (Fsp3) is 0.214. The molecule has 23 heavy (non-hydrogen) atoms. The smallest absolute Gasteiger partial charge is 0.258 e. The predicted octanol–water partition coefficient (Wildman–Crippen LogP) is 1.45. The van der Waals surface area contributed by atoms with E-state index in [9.17, 15) is 13.2 Å². The lowest BCUT2D eigenvalue weighted by Gasteiger charge is -2.20. The molecule has 0 spiro atoms. The minimum atomic E-state index is -3.89. The monoisotopic (exact) mass is 356 g/mol. The highest BCUT2D eigenvalue weighted by Gasteiger charge is 2.27. The molecule has 7 nitrogen and oxygen atoms in total. The van der Waals surface area contributed by atoms with Crippen LogP contribution in [0.1, 0.15) is 4.88 Å². The summed E-state index contributed by atoms with van der Waals surface area (Å²) in [6, 6.07) is 9.45. The Hall–Kier alpha value is -1.94. The van der Waals surface area contributed by atoms with Gasteiger partial charge < -0.3 is 4.74 Å². The van der Waals surface area contributed by atoms with Crippen molar-refractivity contribution in [1.29, 1.82) is 0 Å². The van der Waals surface area contributed by atoms with Gasteiger partial charge in [-0.05, 0) is 35.7 Å². The number of methoxy groups -OCH3 is 1. The van der Waals surface area contributed by atoms with Crippen molar-refractivity contribution in [2.75, 3.05) is 13.7 Å². The van der Waals surface area contributed by atoms with Crippen molar-refractivity contribution in [3.05, 3.63) is 46.7 Å². The predicted molar refractivity (Wildman–Crippen MR) is 84.8 cm³/mol. The zero-order valence-corrected chi connectivity index (χ0v) is 13.9. The molecule has 1 aromatic carbocycles. The highest BCUT2D eigenvalue weighted by Crippen LogP contribution is 2.22. The maximum Gasteiger partial charge on any atom is 0.258 e. The van der Waals surface area contributed by atoms with Gasteiger partial charge in [0.2, 0.25) is 10.0 Å². The van der Waals surface area contributed by atoms with Crippen LogP contribution in [0.4, 0.5) is 0 Å². The summed E-state index contributed by atoms with van der Waals surface area (Å²) in [6.45, 7) is -0.442. The van der Waals surface area contributed by atoms with E-state index in [1.807, 2.05) is 5.38 Å². The number of amides is 1. The molecule has 0 fully saturated rings. The number of hydrogen-bond donors (Lipinski definition) is 2. The van der Waals surface area contributed by atoms with Crippen LogP contribution in [0.15, 0.2) is 46.7 Å². The summed E-state index contributed by atoms with van der Waals surface area (Å²) < 4.78 is 31.5. The van der Waals surface area contributed by atoms with Crippen molar-refractivity contribution >= 4 is 27.3 Å². The van der Waals surface area contributed by atoms with Crippen LogP contribution in [0.5, 0.6) is 5.75 Å². The molecule has 1 amide bonds. The minimum absolute atomic E-state index is 0.0411. The number of benzene rings is 1. The molecule has 0 aliphatic rings. The number of hydrogen-bond acceptors (Lipinski definition) is 6. The summed E-state index contributed by atoms with van der Waals surface area (Å²) in [6.07, 6.45) is 0. The van der Waals surface area contributed by atoms with Gasteiger partial charge in [-0.1, -0.05) is 6.07 Å². The number of nitrogens with one attached hydrogen (secondary N) is 1. The lowest BCUT2D eigenvalue weighted by atomic mass is 10.3. The summed E-state index contributed by atoms with van der Waals surface area (Å²) in [7, 11) is -2.41. The Morgan fingerprint density at radius 2 is 2.00 bits per heavy atom. The molecule has 9 heteroatoms. The second kappa shape index (κ2) is 7.55. The molecule has 1 aromatic heterocycles. The van der Waals surface area contributed by atoms with Crippen LogP contribution in [-0.2, 0) is 21.4 Å². The molecule has 1 heterocycles. The van der Waals surface area contributed by atoms with Crippen LogP contribution in [0.3, 0.4) is 0 Å². The molecular weight excluding hydrogens is 340 g/mol. The first kappa shape index (κ1) is 17.4. The molecule has 0 aliphatic carbocycles. The number of sulfonamides is 1. The summed E-state index contributed by atoms with van der Waals surface area (Å²) in [5.41, 5.74) is 1.46. The Labute approximate surface area is 138 Å². The Bertz CT molecular complexity index is 742. The van der Waals surface area contributed by atoms with Gasteiger partial charge >= 0.3 is 0 Å². The first-order valence-electron chi connectivity index (χ1n) is 6.57. The highest BCUT2D eigenvalue weighted by atomic mass is 32.2. The van der Waals surface area contributed by atoms with Crippen LogP contribution >= 0.6 is 11.3 Å². The molecule has 0 unspecified atom stereocenters. The molecule has 0 radical (unpaired) electrons. The summed E-state index contributed by atoms with van der Waals surface area (Å²) in [5, 5.41) is 10.5. The maximum atomic E-state index is 12.7. The third-order valence-electron chi connectivity index (χ3n) is 3.05. The molecule has 0 saturated carbocycles. The number of thiophene rings is 1. The van der Waals surface area contributed by atoms with Gasteiger partial charge in [0.05, 0.1) is 18.6 Å². The second-order valence-electron chi connectivity index (χ2n) is 4.56. The fourth-order valence-electron chi connectivity index (χ4n) is 1.89. The van der Waals surface area contributed by atoms with Crippen molar-refractivity contribution in [3.63, 3.8) is 0 Å². The van der Waals surface area contributed by atoms with E-state index in [0.29, 0.717) is 5.75 Å². The van der Waals surface area contributed by atoms with Crippen LogP contribution in [0.2, 0.25) is 0 Å². The van der Waals surface area contributed by atoms with Gasteiger partial charge in [-0.15, -0.1) is 11.3 Å². The van der Waals surface area contributed by atoms with Gasteiger partial charge in [0.25, 0.3) is 5.91 Å². The first-order chi connectivity index (χ1) is 11.0. The zero-order valence-electron chi connectivity index (χ0n) is 12.3. The Morgan fingerprint density at radius 1 is 1.30 bits per heavy atom. The Balaban J connectivity index is 2.32. The standard InChI is InChI=1S/C14H16N2O5S2/c1-21-11-4-6-13(7-5-11)23(19,20)16(10-14(17)15-18)9-12-3-2-8-22-12/h2-8,18H,9-10H2,1H3,(H,15,17). The van der Waals surface area contributed by atoms with E-state index >= 15 is 0 Å². The van der Waals surface area contributed by atoms with Crippen molar-refractivity contribution in [2.45, 2.75) is 11.4 Å². The number of rotatable bonds is 7. The molecular formula is C14H16N2O5S2. The average molecular weight is 356 g/mol. The van der Waals surface area contributed by atoms with Crippen molar-refractivity contribution in [2.24, 2.45) is 0 Å². The number of nitrogens with zero attached hydrogens (tertiary/aromatic N) is 1. The van der Waals surface area contributed by atoms with E-state index in [1.54, 1.807) is 12.1 Å². The molecule has 124 valence electrons. The van der Waals surface area contributed by atoms with E-state index in [2.05, 4.69) is 0 Å². The third-order valence-corrected chi connectivity index (χ3v) is 5.72. The lowest BCUT2D eigenvalue weighted by molar-refractivity contribution is -0.129. The highest BCUT2D eigenvalue weighted by molar-refractivity contribution is 7.89. The fourth-order valence-corrected chi connectivity index (χ4v) is 4.07. The summed E-state index contributed by atoms with van der Waals surface area (Å²) >= 11 is 1.38. The summed E-state index contributed by atoms with van der Waals surface area (Å²) in [4.78, 5) is 12.3. The van der Waals surface area contributed by atoms with Crippen LogP contribution in [-0.4, -0.2) is 37.5 Å². The van der Waals surface area contributed by atoms with Crippen molar-refractivity contribution < 1.29 is 23.2 Å². The normalized spacial score (nSPS) is 11.4. The molecule has 2 N–H and O–H groups in total. The number of carbonyl (C=O) groups excluding carboxylic acids is 1. The quantitative estimate of drug-likeness (QED) is 0.578. The van der Waals surface area contributed by atoms with Gasteiger partial charge in [0.15, 0.2) is 0 Å². The minimum Gasteiger partial charge on any atom is -0.497 e. The van der Waals surface area contributed by atoms with E-state index < -0.39 is 22.5 Å².